The number of ether oxygens (including phenoxy) is 1. The number of benzene rings is 1. The van der Waals surface area contributed by atoms with Crippen molar-refractivity contribution >= 4 is 15.7 Å². The largest absolute Gasteiger partial charge is 0.492 e. The average molecular weight is 310 g/mol. The second kappa shape index (κ2) is 6.07. The van der Waals surface area contributed by atoms with Crippen LogP contribution in [0.15, 0.2) is 29.7 Å². The van der Waals surface area contributed by atoms with Crippen molar-refractivity contribution in [2.24, 2.45) is 0 Å². The Hall–Kier alpha value is -1.53. The molecular weight excluding hydrogens is 288 g/mol. The highest BCUT2D eigenvalue weighted by molar-refractivity contribution is 7.89. The monoisotopic (exact) mass is 310 g/mol. The highest BCUT2D eigenvalue weighted by atomic mass is 32.2. The maximum atomic E-state index is 12.9. The summed E-state index contributed by atoms with van der Waals surface area (Å²) in [5, 5.41) is 0. The lowest BCUT2D eigenvalue weighted by Gasteiger charge is -2.27. The number of hydrogen-bond donors (Lipinski definition) is 1. The number of hydrogen-bond acceptors (Lipinski definition) is 4. The van der Waals surface area contributed by atoms with Gasteiger partial charge in [-0.1, -0.05) is 6.08 Å². The van der Waals surface area contributed by atoms with Crippen molar-refractivity contribution in [3.63, 3.8) is 0 Å². The second-order valence-electron chi connectivity index (χ2n) is 5.42. The molecule has 0 atom stereocenters. The molecule has 0 amide bonds. The quantitative estimate of drug-likeness (QED) is 0.668. The van der Waals surface area contributed by atoms with Crippen LogP contribution in [0, 0.1) is 0 Å². The molecule has 2 rings (SSSR count). The molecule has 0 spiro atoms. The number of sulfonamides is 1. The molecule has 0 bridgehead atoms. The summed E-state index contributed by atoms with van der Waals surface area (Å²) >= 11 is 0. The molecule has 0 radical (unpaired) electrons. The van der Waals surface area contributed by atoms with Crippen LogP contribution < -0.4 is 10.5 Å². The molecule has 21 heavy (non-hydrogen) atoms. The Morgan fingerprint density at radius 2 is 2.19 bits per heavy atom. The summed E-state index contributed by atoms with van der Waals surface area (Å²) in [6.07, 6.45) is 3.24. The zero-order chi connectivity index (χ0) is 15.6. The molecule has 1 aliphatic heterocycles. The minimum Gasteiger partial charge on any atom is -0.492 e. The lowest BCUT2D eigenvalue weighted by molar-refractivity contribution is 0.278. The van der Waals surface area contributed by atoms with E-state index in [-0.39, 0.29) is 17.5 Å². The van der Waals surface area contributed by atoms with E-state index < -0.39 is 10.0 Å². The minimum absolute atomic E-state index is 0.160. The standard InChI is InChI=1S/C15H22N2O3S/c1-4-7-17(11(2)3)21(18,19)14-10-13(16)9-12-6-5-8-20-15(12)14/h4,9-11H,1,5-8,16H2,2-3H3. The van der Waals surface area contributed by atoms with Crippen molar-refractivity contribution in [3.8, 4) is 5.75 Å². The first kappa shape index (κ1) is 15.9. The van der Waals surface area contributed by atoms with Gasteiger partial charge in [-0.15, -0.1) is 6.58 Å². The van der Waals surface area contributed by atoms with Gasteiger partial charge in [-0.2, -0.15) is 4.31 Å². The third-order valence-electron chi connectivity index (χ3n) is 3.46. The van der Waals surface area contributed by atoms with E-state index in [1.165, 1.54) is 10.4 Å². The van der Waals surface area contributed by atoms with Gasteiger partial charge in [0.15, 0.2) is 0 Å². The van der Waals surface area contributed by atoms with E-state index in [4.69, 9.17) is 10.5 Å². The number of rotatable bonds is 5. The van der Waals surface area contributed by atoms with Crippen molar-refractivity contribution in [2.75, 3.05) is 18.9 Å². The van der Waals surface area contributed by atoms with Crippen LogP contribution in [-0.4, -0.2) is 31.9 Å². The molecule has 0 saturated heterocycles. The Labute approximate surface area is 126 Å². The molecule has 0 unspecified atom stereocenters. The van der Waals surface area contributed by atoms with Crippen molar-refractivity contribution in [1.82, 2.24) is 4.31 Å². The Bertz CT molecular complexity index is 639. The summed E-state index contributed by atoms with van der Waals surface area (Å²) in [5.41, 5.74) is 7.18. The van der Waals surface area contributed by atoms with E-state index in [9.17, 15) is 8.42 Å². The number of aryl methyl sites for hydroxylation is 1. The molecule has 1 aromatic rings. The summed E-state index contributed by atoms with van der Waals surface area (Å²) < 4.78 is 32.9. The van der Waals surface area contributed by atoms with E-state index >= 15 is 0 Å². The van der Waals surface area contributed by atoms with Gasteiger partial charge in [0.05, 0.1) is 6.61 Å². The molecule has 0 saturated carbocycles. The summed E-state index contributed by atoms with van der Waals surface area (Å²) in [5.74, 6) is 0.449. The van der Waals surface area contributed by atoms with E-state index in [2.05, 4.69) is 6.58 Å². The van der Waals surface area contributed by atoms with Gasteiger partial charge in [0.25, 0.3) is 0 Å². The van der Waals surface area contributed by atoms with Crippen molar-refractivity contribution in [1.29, 1.82) is 0 Å². The smallest absolute Gasteiger partial charge is 0.247 e. The third-order valence-corrected chi connectivity index (χ3v) is 5.51. The maximum absolute atomic E-state index is 12.9. The number of nitrogen functional groups attached to an aromatic ring is 1. The van der Waals surface area contributed by atoms with Crippen molar-refractivity contribution in [2.45, 2.75) is 37.6 Å². The van der Waals surface area contributed by atoms with Gasteiger partial charge >= 0.3 is 0 Å². The number of nitrogens with two attached hydrogens (primary N) is 1. The molecule has 1 aliphatic rings. The predicted molar refractivity (Wildman–Crippen MR) is 83.9 cm³/mol. The molecule has 2 N–H and O–H groups in total. The molecule has 5 nitrogen and oxygen atoms in total. The summed E-state index contributed by atoms with van der Waals surface area (Å²) in [6.45, 7) is 8.08. The van der Waals surface area contributed by atoms with Crippen LogP contribution in [0.3, 0.4) is 0 Å². The fourth-order valence-electron chi connectivity index (χ4n) is 2.50. The summed E-state index contributed by atoms with van der Waals surface area (Å²) in [4.78, 5) is 0.160. The first-order chi connectivity index (χ1) is 9.87. The third kappa shape index (κ3) is 3.06. The molecule has 1 aromatic carbocycles. The van der Waals surface area contributed by atoms with E-state index in [0.29, 0.717) is 18.0 Å². The fraction of sp³-hybridized carbons (Fsp3) is 0.467. The van der Waals surface area contributed by atoms with Crippen LogP contribution in [0.25, 0.3) is 0 Å². The van der Waals surface area contributed by atoms with Gasteiger partial charge in [-0.3, -0.25) is 0 Å². The lowest BCUT2D eigenvalue weighted by Crippen LogP contribution is -2.37. The fourth-order valence-corrected chi connectivity index (χ4v) is 4.32. The molecule has 116 valence electrons. The maximum Gasteiger partial charge on any atom is 0.247 e. The Morgan fingerprint density at radius 3 is 2.81 bits per heavy atom. The zero-order valence-electron chi connectivity index (χ0n) is 12.5. The van der Waals surface area contributed by atoms with Crippen molar-refractivity contribution < 1.29 is 13.2 Å². The van der Waals surface area contributed by atoms with E-state index in [1.807, 2.05) is 13.8 Å². The Morgan fingerprint density at radius 1 is 1.48 bits per heavy atom. The predicted octanol–water partition coefficient (Wildman–Crippen LogP) is 2.18. The van der Waals surface area contributed by atoms with Crippen LogP contribution >= 0.6 is 0 Å². The topological polar surface area (TPSA) is 72.6 Å². The highest BCUT2D eigenvalue weighted by Crippen LogP contribution is 2.36. The number of fused-ring (bicyclic) bond motifs is 1. The van der Waals surface area contributed by atoms with Gasteiger partial charge < -0.3 is 10.5 Å². The molecule has 0 aromatic heterocycles. The lowest BCUT2D eigenvalue weighted by atomic mass is 10.1. The van der Waals surface area contributed by atoms with Crippen molar-refractivity contribution in [3.05, 3.63) is 30.4 Å². The van der Waals surface area contributed by atoms with Gasteiger partial charge in [-0.25, -0.2) is 8.42 Å². The summed E-state index contributed by atoms with van der Waals surface area (Å²) in [6, 6.07) is 3.10. The Kier molecular flexibility index (Phi) is 4.58. The first-order valence-electron chi connectivity index (χ1n) is 7.06. The molecule has 0 aliphatic carbocycles. The van der Waals surface area contributed by atoms with Crippen LogP contribution in [0.1, 0.15) is 25.8 Å². The first-order valence-corrected chi connectivity index (χ1v) is 8.50. The molecular formula is C15H22N2O3S. The van der Waals surface area contributed by atoms with Crippen LogP contribution in [0.2, 0.25) is 0 Å². The second-order valence-corrected chi connectivity index (χ2v) is 7.28. The average Bonchev–Trinajstić information content (AvgIpc) is 2.43. The van der Waals surface area contributed by atoms with Gasteiger partial charge in [0.2, 0.25) is 10.0 Å². The van der Waals surface area contributed by atoms with Gasteiger partial charge in [0.1, 0.15) is 10.6 Å². The SMILES string of the molecule is C=CCN(C(C)C)S(=O)(=O)c1cc(N)cc2c1OCCC2. The molecule has 6 heteroatoms. The number of anilines is 1. The Balaban J connectivity index is 2.58. The van der Waals surface area contributed by atoms with Gasteiger partial charge in [-0.05, 0) is 44.4 Å². The molecule has 0 fully saturated rings. The number of nitrogens with zero attached hydrogens (tertiary/aromatic N) is 1. The van der Waals surface area contributed by atoms with E-state index in [0.717, 1.165) is 18.4 Å². The normalized spacial score (nSPS) is 14.9. The summed E-state index contributed by atoms with van der Waals surface area (Å²) in [7, 11) is -3.67. The van der Waals surface area contributed by atoms with Crippen LogP contribution in [-0.2, 0) is 16.4 Å². The van der Waals surface area contributed by atoms with Gasteiger partial charge in [0, 0.05) is 18.3 Å². The zero-order valence-corrected chi connectivity index (χ0v) is 13.3. The van der Waals surface area contributed by atoms with Crippen LogP contribution in [0.5, 0.6) is 5.75 Å². The van der Waals surface area contributed by atoms with E-state index in [1.54, 1.807) is 12.1 Å². The minimum atomic E-state index is -3.67. The van der Waals surface area contributed by atoms with Crippen LogP contribution in [0.4, 0.5) is 5.69 Å². The molecule has 1 heterocycles. The highest BCUT2D eigenvalue weighted by Gasteiger charge is 2.31.